The molecule has 0 aliphatic carbocycles. The smallest absolute Gasteiger partial charge is 0.342 e. The quantitative estimate of drug-likeness (QED) is 0.801. The van der Waals surface area contributed by atoms with Gasteiger partial charge in [0.05, 0.1) is 14.2 Å². The van der Waals surface area contributed by atoms with Crippen molar-refractivity contribution in [3.05, 3.63) is 23.3 Å². The zero-order valence-electron chi connectivity index (χ0n) is 9.73. The van der Waals surface area contributed by atoms with Crippen molar-refractivity contribution in [3.8, 4) is 11.5 Å². The molecule has 0 spiro atoms. The highest BCUT2D eigenvalue weighted by Gasteiger charge is 2.34. The van der Waals surface area contributed by atoms with Gasteiger partial charge in [0.1, 0.15) is 23.2 Å². The Kier molecular flexibility index (Phi) is 3.19. The fraction of sp³-hybridized carbons (Fsp3) is 0.417. The topological polar surface area (TPSA) is 65.0 Å². The number of esters is 1. The summed E-state index contributed by atoms with van der Waals surface area (Å²) in [7, 11) is 3.03. The largest absolute Gasteiger partial charge is 0.497 e. The molecular formula is C12H14O5. The van der Waals surface area contributed by atoms with Crippen LogP contribution < -0.4 is 9.47 Å². The first-order valence-electron chi connectivity index (χ1n) is 5.29. The third-order valence-electron chi connectivity index (χ3n) is 2.75. The van der Waals surface area contributed by atoms with Gasteiger partial charge in [0.25, 0.3) is 0 Å². The predicted molar refractivity (Wildman–Crippen MR) is 59.4 cm³/mol. The first kappa shape index (κ1) is 11.7. The summed E-state index contributed by atoms with van der Waals surface area (Å²) < 4.78 is 15.5. The standard InChI is InChI=1S/C12H14O5/c1-15-7-5-8-9(3-4-13)17-12(14)11(8)10(6-7)16-2/h5-6,9,13H,3-4H2,1-2H3. The van der Waals surface area contributed by atoms with E-state index in [9.17, 15) is 4.79 Å². The van der Waals surface area contributed by atoms with Crippen molar-refractivity contribution in [2.24, 2.45) is 0 Å². The number of ether oxygens (including phenoxy) is 3. The van der Waals surface area contributed by atoms with E-state index < -0.39 is 12.1 Å². The molecule has 0 amide bonds. The number of methoxy groups -OCH3 is 2. The Morgan fingerprint density at radius 3 is 2.71 bits per heavy atom. The Balaban J connectivity index is 2.51. The van der Waals surface area contributed by atoms with Crippen molar-refractivity contribution in [1.82, 2.24) is 0 Å². The molecule has 1 aliphatic rings. The monoisotopic (exact) mass is 238 g/mol. The zero-order chi connectivity index (χ0) is 12.4. The molecule has 0 radical (unpaired) electrons. The van der Waals surface area contributed by atoms with Gasteiger partial charge in [0.15, 0.2) is 0 Å². The SMILES string of the molecule is COc1cc(OC)c2c(c1)C(CCO)OC2=O. The van der Waals surface area contributed by atoms with Gasteiger partial charge in [-0.3, -0.25) is 0 Å². The molecule has 1 aliphatic heterocycles. The van der Waals surface area contributed by atoms with Crippen LogP contribution in [0.4, 0.5) is 0 Å². The van der Waals surface area contributed by atoms with E-state index >= 15 is 0 Å². The molecule has 17 heavy (non-hydrogen) atoms. The maximum absolute atomic E-state index is 11.7. The second kappa shape index (κ2) is 4.63. The van der Waals surface area contributed by atoms with Crippen LogP contribution in [0.15, 0.2) is 12.1 Å². The van der Waals surface area contributed by atoms with Crippen LogP contribution in [0.25, 0.3) is 0 Å². The van der Waals surface area contributed by atoms with Gasteiger partial charge in [-0.25, -0.2) is 4.79 Å². The lowest BCUT2D eigenvalue weighted by Crippen LogP contribution is -2.00. The van der Waals surface area contributed by atoms with Crippen molar-refractivity contribution in [2.45, 2.75) is 12.5 Å². The summed E-state index contributed by atoms with van der Waals surface area (Å²) in [6.45, 7) is -0.0447. The molecule has 5 heteroatoms. The van der Waals surface area contributed by atoms with Crippen LogP contribution in [0.5, 0.6) is 11.5 Å². The fourth-order valence-corrected chi connectivity index (χ4v) is 1.95. The summed E-state index contributed by atoms with van der Waals surface area (Å²) in [6.07, 6.45) is -0.0544. The van der Waals surface area contributed by atoms with E-state index in [-0.39, 0.29) is 6.61 Å². The van der Waals surface area contributed by atoms with Crippen molar-refractivity contribution in [2.75, 3.05) is 20.8 Å². The van der Waals surface area contributed by atoms with Crippen molar-refractivity contribution >= 4 is 5.97 Å². The van der Waals surface area contributed by atoms with Crippen molar-refractivity contribution in [1.29, 1.82) is 0 Å². The normalized spacial score (nSPS) is 17.6. The second-order valence-electron chi connectivity index (χ2n) is 3.70. The molecule has 0 saturated carbocycles. The number of hydrogen-bond donors (Lipinski definition) is 1. The van der Waals surface area contributed by atoms with Gasteiger partial charge in [-0.1, -0.05) is 0 Å². The van der Waals surface area contributed by atoms with E-state index in [0.717, 1.165) is 0 Å². The highest BCUT2D eigenvalue weighted by molar-refractivity contribution is 5.97. The molecule has 0 fully saturated rings. The van der Waals surface area contributed by atoms with Gasteiger partial charge < -0.3 is 19.3 Å². The Morgan fingerprint density at radius 2 is 2.12 bits per heavy atom. The minimum Gasteiger partial charge on any atom is -0.497 e. The van der Waals surface area contributed by atoms with E-state index in [0.29, 0.717) is 29.0 Å². The summed E-state index contributed by atoms with van der Waals surface area (Å²) in [4.78, 5) is 11.7. The lowest BCUT2D eigenvalue weighted by atomic mass is 10.0. The molecule has 0 saturated heterocycles. The number of benzene rings is 1. The number of hydrogen-bond acceptors (Lipinski definition) is 5. The summed E-state index contributed by atoms with van der Waals surface area (Å²) in [6, 6.07) is 3.38. The fourth-order valence-electron chi connectivity index (χ4n) is 1.95. The van der Waals surface area contributed by atoms with E-state index in [1.165, 1.54) is 7.11 Å². The molecule has 5 nitrogen and oxygen atoms in total. The highest BCUT2D eigenvalue weighted by Crippen LogP contribution is 2.40. The number of rotatable bonds is 4. The molecule has 1 aromatic carbocycles. The second-order valence-corrected chi connectivity index (χ2v) is 3.70. The average molecular weight is 238 g/mol. The van der Waals surface area contributed by atoms with Crippen LogP contribution in [0.1, 0.15) is 28.4 Å². The number of aliphatic hydroxyl groups excluding tert-OH is 1. The first-order valence-corrected chi connectivity index (χ1v) is 5.29. The van der Waals surface area contributed by atoms with E-state index in [4.69, 9.17) is 19.3 Å². The molecule has 2 rings (SSSR count). The predicted octanol–water partition coefficient (Wildman–Crippen LogP) is 1.30. The summed E-state index contributed by atoms with van der Waals surface area (Å²) >= 11 is 0. The van der Waals surface area contributed by atoms with Crippen LogP contribution in [-0.2, 0) is 4.74 Å². The Bertz CT molecular complexity index is 441. The van der Waals surface area contributed by atoms with Gasteiger partial charge in [-0.2, -0.15) is 0 Å². The molecular weight excluding hydrogens is 224 g/mol. The average Bonchev–Trinajstić information content (AvgIpc) is 2.66. The molecule has 1 atom stereocenters. The molecule has 92 valence electrons. The summed E-state index contributed by atoms with van der Waals surface area (Å²) in [5, 5.41) is 8.94. The van der Waals surface area contributed by atoms with Crippen LogP contribution in [0.2, 0.25) is 0 Å². The molecule has 1 aromatic rings. The third-order valence-corrected chi connectivity index (χ3v) is 2.75. The number of carbonyl (C=O) groups is 1. The number of cyclic esters (lactones) is 1. The minimum atomic E-state index is -0.425. The van der Waals surface area contributed by atoms with Crippen LogP contribution in [0.3, 0.4) is 0 Å². The Labute approximate surface area is 98.9 Å². The van der Waals surface area contributed by atoms with Crippen LogP contribution in [0, 0.1) is 0 Å². The minimum absolute atomic E-state index is 0.0447. The van der Waals surface area contributed by atoms with E-state index in [1.807, 2.05) is 0 Å². The number of aliphatic hydroxyl groups is 1. The van der Waals surface area contributed by atoms with Gasteiger partial charge in [0.2, 0.25) is 0 Å². The van der Waals surface area contributed by atoms with Gasteiger partial charge in [-0.15, -0.1) is 0 Å². The van der Waals surface area contributed by atoms with E-state index in [2.05, 4.69) is 0 Å². The molecule has 1 N–H and O–H groups in total. The Hall–Kier alpha value is -1.75. The maximum Gasteiger partial charge on any atom is 0.342 e. The summed E-state index contributed by atoms with van der Waals surface area (Å²) in [5.74, 6) is 0.615. The molecule has 1 heterocycles. The van der Waals surface area contributed by atoms with Gasteiger partial charge in [-0.05, 0) is 6.07 Å². The first-order chi connectivity index (χ1) is 8.21. The van der Waals surface area contributed by atoms with Gasteiger partial charge in [0, 0.05) is 24.7 Å². The van der Waals surface area contributed by atoms with Crippen LogP contribution in [-0.4, -0.2) is 31.9 Å². The van der Waals surface area contributed by atoms with Crippen molar-refractivity contribution < 1.29 is 24.1 Å². The number of carbonyl (C=O) groups excluding carboxylic acids is 1. The number of fused-ring (bicyclic) bond motifs is 1. The van der Waals surface area contributed by atoms with Gasteiger partial charge >= 0.3 is 5.97 Å². The lowest BCUT2D eigenvalue weighted by molar-refractivity contribution is 0.0330. The molecule has 1 unspecified atom stereocenters. The molecule has 0 aromatic heterocycles. The van der Waals surface area contributed by atoms with Crippen molar-refractivity contribution in [3.63, 3.8) is 0 Å². The maximum atomic E-state index is 11.7. The zero-order valence-corrected chi connectivity index (χ0v) is 9.73. The van der Waals surface area contributed by atoms with Crippen LogP contribution >= 0.6 is 0 Å². The Morgan fingerprint density at radius 1 is 1.35 bits per heavy atom. The summed E-state index contributed by atoms with van der Waals surface area (Å²) in [5.41, 5.74) is 1.13. The van der Waals surface area contributed by atoms with E-state index in [1.54, 1.807) is 19.2 Å². The lowest BCUT2D eigenvalue weighted by Gasteiger charge is -2.10. The highest BCUT2D eigenvalue weighted by atomic mass is 16.6. The molecule has 0 bridgehead atoms. The third kappa shape index (κ3) is 1.93.